The molecule has 0 unspecified atom stereocenters. The van der Waals surface area contributed by atoms with Crippen molar-refractivity contribution < 1.29 is 17.9 Å². The van der Waals surface area contributed by atoms with Gasteiger partial charge in [-0.15, -0.1) is 0 Å². The summed E-state index contributed by atoms with van der Waals surface area (Å²) >= 11 is 12.0. The molecule has 0 atom stereocenters. The van der Waals surface area contributed by atoms with Crippen LogP contribution in [0.25, 0.3) is 0 Å². The quantitative estimate of drug-likeness (QED) is 0.816. The first kappa shape index (κ1) is 18.4. The largest absolute Gasteiger partial charge is 0.495 e. The van der Waals surface area contributed by atoms with Gasteiger partial charge in [0, 0.05) is 6.92 Å². The number of methoxy groups -OCH3 is 1. The molecule has 0 heterocycles. The van der Waals surface area contributed by atoms with Crippen molar-refractivity contribution in [3.8, 4) is 5.75 Å². The maximum absolute atomic E-state index is 12.4. The SMILES string of the molecule is COc1ccc(NS(=O)(=O)c2ccc(NC(C)=O)c(Cl)c2)cc1Cl. The molecule has 0 aliphatic heterocycles. The van der Waals surface area contributed by atoms with Crippen LogP contribution in [0.3, 0.4) is 0 Å². The highest BCUT2D eigenvalue weighted by atomic mass is 35.5. The fourth-order valence-electron chi connectivity index (χ4n) is 1.90. The van der Waals surface area contributed by atoms with Gasteiger partial charge in [-0.2, -0.15) is 0 Å². The first-order valence-corrected chi connectivity index (χ1v) is 8.90. The zero-order valence-corrected chi connectivity index (χ0v) is 15.1. The number of carbonyl (C=O) groups excluding carboxylic acids is 1. The van der Waals surface area contributed by atoms with Crippen LogP contribution < -0.4 is 14.8 Å². The topological polar surface area (TPSA) is 84.5 Å². The van der Waals surface area contributed by atoms with Crippen LogP contribution in [0.15, 0.2) is 41.3 Å². The number of benzene rings is 2. The zero-order chi connectivity index (χ0) is 17.9. The lowest BCUT2D eigenvalue weighted by atomic mass is 10.3. The number of carbonyl (C=O) groups is 1. The van der Waals surface area contributed by atoms with Crippen LogP contribution in [0.1, 0.15) is 6.92 Å². The molecule has 9 heteroatoms. The number of ether oxygens (including phenoxy) is 1. The van der Waals surface area contributed by atoms with E-state index in [-0.39, 0.29) is 26.5 Å². The second kappa shape index (κ2) is 7.29. The van der Waals surface area contributed by atoms with Gasteiger partial charge in [-0.25, -0.2) is 8.42 Å². The molecule has 0 aliphatic rings. The van der Waals surface area contributed by atoms with E-state index in [1.165, 1.54) is 44.4 Å². The second-order valence-electron chi connectivity index (χ2n) is 4.78. The van der Waals surface area contributed by atoms with E-state index < -0.39 is 10.0 Å². The molecule has 0 radical (unpaired) electrons. The van der Waals surface area contributed by atoms with Gasteiger partial charge in [0.1, 0.15) is 5.75 Å². The Bertz CT molecular complexity index is 885. The fraction of sp³-hybridized carbons (Fsp3) is 0.133. The first-order valence-electron chi connectivity index (χ1n) is 6.66. The van der Waals surface area contributed by atoms with Crippen LogP contribution in [0.5, 0.6) is 5.75 Å². The molecule has 2 rings (SSSR count). The molecule has 0 aliphatic carbocycles. The number of halogens is 2. The minimum Gasteiger partial charge on any atom is -0.495 e. The molecular weight excluding hydrogens is 375 g/mol. The summed E-state index contributed by atoms with van der Waals surface area (Å²) in [6.45, 7) is 1.33. The van der Waals surface area contributed by atoms with Crippen LogP contribution in [0.4, 0.5) is 11.4 Å². The van der Waals surface area contributed by atoms with Crippen molar-refractivity contribution in [1.82, 2.24) is 0 Å². The van der Waals surface area contributed by atoms with Gasteiger partial charge in [0.25, 0.3) is 10.0 Å². The molecule has 2 N–H and O–H groups in total. The average molecular weight is 389 g/mol. The maximum Gasteiger partial charge on any atom is 0.261 e. The lowest BCUT2D eigenvalue weighted by Crippen LogP contribution is -2.13. The maximum atomic E-state index is 12.4. The predicted molar refractivity (Wildman–Crippen MR) is 94.6 cm³/mol. The van der Waals surface area contributed by atoms with Crippen molar-refractivity contribution in [2.45, 2.75) is 11.8 Å². The normalized spacial score (nSPS) is 11.0. The molecule has 0 aromatic heterocycles. The summed E-state index contributed by atoms with van der Waals surface area (Å²) in [6.07, 6.45) is 0. The van der Waals surface area contributed by atoms with Crippen LogP contribution in [0, 0.1) is 0 Å². The molecule has 0 spiro atoms. The summed E-state index contributed by atoms with van der Waals surface area (Å²) in [6, 6.07) is 8.51. The van der Waals surface area contributed by atoms with Crippen molar-refractivity contribution in [2.75, 3.05) is 17.1 Å². The average Bonchev–Trinajstić information content (AvgIpc) is 2.48. The van der Waals surface area contributed by atoms with E-state index in [1.807, 2.05) is 0 Å². The molecular formula is C15H14Cl2N2O4S. The van der Waals surface area contributed by atoms with Crippen molar-refractivity contribution in [3.63, 3.8) is 0 Å². The monoisotopic (exact) mass is 388 g/mol. The van der Waals surface area contributed by atoms with Gasteiger partial charge >= 0.3 is 0 Å². The standard InChI is InChI=1S/C15H14Cl2N2O4S/c1-9(20)18-14-5-4-11(8-12(14)16)24(21,22)19-10-3-6-15(23-2)13(17)7-10/h3-8,19H,1-2H3,(H,18,20). The third kappa shape index (κ3) is 4.31. The van der Waals surface area contributed by atoms with E-state index in [0.717, 1.165) is 0 Å². The summed E-state index contributed by atoms with van der Waals surface area (Å²) in [4.78, 5) is 11.0. The lowest BCUT2D eigenvalue weighted by Gasteiger charge is -2.11. The molecule has 0 fully saturated rings. The Hall–Kier alpha value is -1.96. The van der Waals surface area contributed by atoms with Gasteiger partial charge in [-0.1, -0.05) is 23.2 Å². The van der Waals surface area contributed by atoms with Crippen molar-refractivity contribution in [2.24, 2.45) is 0 Å². The smallest absolute Gasteiger partial charge is 0.261 e. The van der Waals surface area contributed by atoms with E-state index in [1.54, 1.807) is 6.07 Å². The summed E-state index contributed by atoms with van der Waals surface area (Å²) in [7, 11) is -2.40. The van der Waals surface area contributed by atoms with Crippen LogP contribution in [-0.2, 0) is 14.8 Å². The Balaban J connectivity index is 2.29. The summed E-state index contributed by atoms with van der Waals surface area (Å²) in [5, 5.41) is 2.89. The summed E-state index contributed by atoms with van der Waals surface area (Å²) < 4.78 is 32.3. The summed E-state index contributed by atoms with van der Waals surface area (Å²) in [5.41, 5.74) is 0.610. The molecule has 128 valence electrons. The first-order chi connectivity index (χ1) is 11.2. The number of anilines is 2. The molecule has 6 nitrogen and oxygen atoms in total. The molecule has 24 heavy (non-hydrogen) atoms. The Morgan fingerprint density at radius 3 is 2.33 bits per heavy atom. The molecule has 0 bridgehead atoms. The zero-order valence-electron chi connectivity index (χ0n) is 12.8. The van der Waals surface area contributed by atoms with Gasteiger partial charge in [0.15, 0.2) is 0 Å². The number of rotatable bonds is 5. The predicted octanol–water partition coefficient (Wildman–Crippen LogP) is 3.76. The molecule has 0 saturated carbocycles. The van der Waals surface area contributed by atoms with E-state index >= 15 is 0 Å². The Morgan fingerprint density at radius 2 is 1.79 bits per heavy atom. The van der Waals surface area contributed by atoms with Crippen molar-refractivity contribution in [1.29, 1.82) is 0 Å². The molecule has 0 saturated heterocycles. The second-order valence-corrected chi connectivity index (χ2v) is 7.27. The third-order valence-electron chi connectivity index (χ3n) is 2.97. The number of hydrogen-bond donors (Lipinski definition) is 2. The highest BCUT2D eigenvalue weighted by Gasteiger charge is 2.17. The minimum absolute atomic E-state index is 0.0476. The minimum atomic E-state index is -3.86. The Morgan fingerprint density at radius 1 is 1.08 bits per heavy atom. The van der Waals surface area contributed by atoms with Crippen molar-refractivity contribution >= 4 is 50.5 Å². The van der Waals surface area contributed by atoms with E-state index in [0.29, 0.717) is 11.4 Å². The fourth-order valence-corrected chi connectivity index (χ4v) is 3.52. The van der Waals surface area contributed by atoms with Gasteiger partial charge in [-0.05, 0) is 36.4 Å². The van der Waals surface area contributed by atoms with Crippen LogP contribution in [0.2, 0.25) is 10.0 Å². The van der Waals surface area contributed by atoms with E-state index in [2.05, 4.69) is 10.0 Å². The number of nitrogens with one attached hydrogen (secondary N) is 2. The third-order valence-corrected chi connectivity index (χ3v) is 4.95. The van der Waals surface area contributed by atoms with Gasteiger partial charge < -0.3 is 10.1 Å². The Labute approximate surface area is 149 Å². The van der Waals surface area contributed by atoms with Gasteiger partial charge in [-0.3, -0.25) is 9.52 Å². The van der Waals surface area contributed by atoms with Gasteiger partial charge in [0.2, 0.25) is 5.91 Å². The van der Waals surface area contributed by atoms with E-state index in [9.17, 15) is 13.2 Å². The molecule has 2 aromatic carbocycles. The Kier molecular flexibility index (Phi) is 5.58. The number of amides is 1. The summed E-state index contributed by atoms with van der Waals surface area (Å²) in [5.74, 6) is 0.126. The molecule has 2 aromatic rings. The lowest BCUT2D eigenvalue weighted by molar-refractivity contribution is -0.114. The van der Waals surface area contributed by atoms with Crippen LogP contribution >= 0.6 is 23.2 Å². The van der Waals surface area contributed by atoms with Crippen molar-refractivity contribution in [3.05, 3.63) is 46.4 Å². The highest BCUT2D eigenvalue weighted by molar-refractivity contribution is 7.92. The van der Waals surface area contributed by atoms with Crippen LogP contribution in [-0.4, -0.2) is 21.4 Å². The van der Waals surface area contributed by atoms with E-state index in [4.69, 9.17) is 27.9 Å². The number of sulfonamides is 1. The number of hydrogen-bond acceptors (Lipinski definition) is 4. The highest BCUT2D eigenvalue weighted by Crippen LogP contribution is 2.30. The molecule has 1 amide bonds. The van der Waals surface area contributed by atoms with Gasteiger partial charge in [0.05, 0.1) is 33.4 Å².